The second-order valence-electron chi connectivity index (χ2n) is 4.17. The molecule has 0 unspecified atom stereocenters. The molecule has 0 heterocycles. The lowest BCUT2D eigenvalue weighted by Crippen LogP contribution is -1.99. The van der Waals surface area contributed by atoms with Crippen molar-refractivity contribution in [1.82, 2.24) is 0 Å². The van der Waals surface area contributed by atoms with Gasteiger partial charge < -0.3 is 5.11 Å². The quantitative estimate of drug-likeness (QED) is 0.630. The summed E-state index contributed by atoms with van der Waals surface area (Å²) in [5.74, 6) is 0.157. The largest absolute Gasteiger partial charge is 0.396 e. The maximum Gasteiger partial charge on any atom is 0.162 e. The zero-order chi connectivity index (χ0) is 12.1. The summed E-state index contributed by atoms with van der Waals surface area (Å²) >= 11 is 0. The van der Waals surface area contributed by atoms with Crippen molar-refractivity contribution >= 4 is 16.6 Å². The van der Waals surface area contributed by atoms with Crippen molar-refractivity contribution in [3.8, 4) is 0 Å². The molecular formula is C15H16O2. The summed E-state index contributed by atoms with van der Waals surface area (Å²) in [4.78, 5) is 11.9. The maximum absolute atomic E-state index is 11.9. The summed E-state index contributed by atoms with van der Waals surface area (Å²) < 4.78 is 0. The molecule has 2 nitrogen and oxygen atoms in total. The van der Waals surface area contributed by atoms with Crippen LogP contribution in [0.4, 0.5) is 0 Å². The maximum atomic E-state index is 11.9. The van der Waals surface area contributed by atoms with E-state index in [1.54, 1.807) is 0 Å². The predicted molar refractivity (Wildman–Crippen MR) is 69.2 cm³/mol. The fourth-order valence-electron chi connectivity index (χ4n) is 1.90. The van der Waals surface area contributed by atoms with Gasteiger partial charge in [-0.1, -0.05) is 36.4 Å². The summed E-state index contributed by atoms with van der Waals surface area (Å²) in [6.07, 6.45) is 1.96. The molecule has 2 heteroatoms. The number of unbranched alkanes of at least 4 members (excludes halogenated alkanes) is 1. The third-order valence-corrected chi connectivity index (χ3v) is 2.88. The van der Waals surface area contributed by atoms with Crippen LogP contribution in [0.15, 0.2) is 42.5 Å². The number of fused-ring (bicyclic) bond motifs is 1. The van der Waals surface area contributed by atoms with Gasteiger partial charge in [0.1, 0.15) is 0 Å². The molecule has 17 heavy (non-hydrogen) atoms. The number of carbonyl (C=O) groups excluding carboxylic acids is 1. The van der Waals surface area contributed by atoms with Gasteiger partial charge in [-0.05, 0) is 29.7 Å². The van der Waals surface area contributed by atoms with Gasteiger partial charge >= 0.3 is 0 Å². The van der Waals surface area contributed by atoms with Crippen LogP contribution in [0.3, 0.4) is 0 Å². The number of hydrogen-bond acceptors (Lipinski definition) is 2. The lowest BCUT2D eigenvalue weighted by Gasteiger charge is -2.03. The molecule has 2 aromatic carbocycles. The van der Waals surface area contributed by atoms with Crippen LogP contribution in [0.2, 0.25) is 0 Å². The lowest BCUT2D eigenvalue weighted by atomic mass is 10.0. The number of hydrogen-bond donors (Lipinski definition) is 1. The molecule has 88 valence electrons. The van der Waals surface area contributed by atoms with Crippen molar-refractivity contribution < 1.29 is 9.90 Å². The molecule has 2 rings (SSSR count). The Hall–Kier alpha value is -1.67. The monoisotopic (exact) mass is 228 g/mol. The van der Waals surface area contributed by atoms with E-state index in [0.717, 1.165) is 22.8 Å². The molecule has 0 atom stereocenters. The average Bonchev–Trinajstić information content (AvgIpc) is 2.38. The van der Waals surface area contributed by atoms with Crippen molar-refractivity contribution in [1.29, 1.82) is 0 Å². The van der Waals surface area contributed by atoms with Crippen LogP contribution in [-0.4, -0.2) is 17.5 Å². The van der Waals surface area contributed by atoms with E-state index in [0.29, 0.717) is 12.8 Å². The highest BCUT2D eigenvalue weighted by Gasteiger charge is 2.05. The SMILES string of the molecule is O=C(CCCCO)c1ccc2ccccc2c1. The third-order valence-electron chi connectivity index (χ3n) is 2.88. The van der Waals surface area contributed by atoms with Crippen LogP contribution in [0.25, 0.3) is 10.8 Å². The van der Waals surface area contributed by atoms with Gasteiger partial charge in [0, 0.05) is 18.6 Å². The Morgan fingerprint density at radius 2 is 1.76 bits per heavy atom. The Bertz CT molecular complexity index is 517. The molecule has 0 amide bonds. The molecule has 0 fully saturated rings. The van der Waals surface area contributed by atoms with Crippen molar-refractivity contribution in [2.45, 2.75) is 19.3 Å². The zero-order valence-electron chi connectivity index (χ0n) is 9.73. The first-order valence-corrected chi connectivity index (χ1v) is 5.94. The summed E-state index contributed by atoms with van der Waals surface area (Å²) in [5.41, 5.74) is 0.765. The van der Waals surface area contributed by atoms with Gasteiger partial charge in [0.25, 0.3) is 0 Å². The highest BCUT2D eigenvalue weighted by atomic mass is 16.2. The van der Waals surface area contributed by atoms with Crippen LogP contribution < -0.4 is 0 Å². The number of carbonyl (C=O) groups is 1. The molecule has 0 bridgehead atoms. The number of aliphatic hydroxyl groups is 1. The summed E-state index contributed by atoms with van der Waals surface area (Å²) in [7, 11) is 0. The Kier molecular flexibility index (Phi) is 3.89. The van der Waals surface area contributed by atoms with Crippen LogP contribution in [0, 0.1) is 0 Å². The normalized spacial score (nSPS) is 10.6. The smallest absolute Gasteiger partial charge is 0.162 e. The second-order valence-corrected chi connectivity index (χ2v) is 4.17. The number of aliphatic hydroxyl groups excluding tert-OH is 1. The Morgan fingerprint density at radius 1 is 1.00 bits per heavy atom. The molecule has 0 aromatic heterocycles. The third kappa shape index (κ3) is 2.92. The van der Waals surface area contributed by atoms with Gasteiger partial charge in [-0.2, -0.15) is 0 Å². The first kappa shape index (κ1) is 11.8. The van der Waals surface area contributed by atoms with E-state index in [-0.39, 0.29) is 12.4 Å². The first-order valence-electron chi connectivity index (χ1n) is 5.94. The molecule has 0 saturated heterocycles. The Labute approximate surface area is 101 Å². The minimum Gasteiger partial charge on any atom is -0.396 e. The van der Waals surface area contributed by atoms with Crippen LogP contribution >= 0.6 is 0 Å². The fourth-order valence-corrected chi connectivity index (χ4v) is 1.90. The summed E-state index contributed by atoms with van der Waals surface area (Å²) in [6, 6.07) is 13.8. The van der Waals surface area contributed by atoms with E-state index in [1.165, 1.54) is 0 Å². The molecule has 0 spiro atoms. The Morgan fingerprint density at radius 3 is 2.53 bits per heavy atom. The number of ketones is 1. The fraction of sp³-hybridized carbons (Fsp3) is 0.267. The van der Waals surface area contributed by atoms with E-state index in [9.17, 15) is 4.79 Å². The number of benzene rings is 2. The lowest BCUT2D eigenvalue weighted by molar-refractivity contribution is 0.0977. The molecule has 0 saturated carbocycles. The Balaban J connectivity index is 2.15. The zero-order valence-corrected chi connectivity index (χ0v) is 9.73. The van der Waals surface area contributed by atoms with Crippen molar-refractivity contribution in [3.05, 3.63) is 48.0 Å². The van der Waals surface area contributed by atoms with Crippen LogP contribution in [0.5, 0.6) is 0 Å². The van der Waals surface area contributed by atoms with Gasteiger partial charge in [0.15, 0.2) is 5.78 Å². The average molecular weight is 228 g/mol. The van der Waals surface area contributed by atoms with Crippen LogP contribution in [0.1, 0.15) is 29.6 Å². The molecule has 1 N–H and O–H groups in total. The first-order chi connectivity index (χ1) is 8.31. The molecule has 0 aliphatic heterocycles. The summed E-state index contributed by atoms with van der Waals surface area (Å²) in [5, 5.41) is 10.9. The minimum atomic E-state index is 0.157. The minimum absolute atomic E-state index is 0.157. The van der Waals surface area contributed by atoms with E-state index >= 15 is 0 Å². The van der Waals surface area contributed by atoms with Gasteiger partial charge in [-0.25, -0.2) is 0 Å². The standard InChI is InChI=1S/C15H16O2/c16-10-4-3-7-15(17)14-9-8-12-5-1-2-6-13(12)11-14/h1-2,5-6,8-9,11,16H,3-4,7,10H2. The topological polar surface area (TPSA) is 37.3 Å². The van der Waals surface area contributed by atoms with Crippen molar-refractivity contribution in [3.63, 3.8) is 0 Å². The highest BCUT2D eigenvalue weighted by Crippen LogP contribution is 2.17. The van der Waals surface area contributed by atoms with Crippen LogP contribution in [-0.2, 0) is 0 Å². The summed E-state index contributed by atoms with van der Waals surface area (Å²) in [6.45, 7) is 0.158. The second kappa shape index (κ2) is 5.60. The number of Topliss-reactive ketones (excluding diaryl/α,β-unsaturated/α-hetero) is 1. The molecule has 0 aliphatic carbocycles. The van der Waals surface area contributed by atoms with Crippen molar-refractivity contribution in [2.24, 2.45) is 0 Å². The van der Waals surface area contributed by atoms with E-state index in [2.05, 4.69) is 0 Å². The predicted octanol–water partition coefficient (Wildman–Crippen LogP) is 3.19. The van der Waals surface area contributed by atoms with Gasteiger partial charge in [-0.3, -0.25) is 4.79 Å². The molecule has 0 radical (unpaired) electrons. The van der Waals surface area contributed by atoms with E-state index in [1.807, 2.05) is 42.5 Å². The molecule has 0 aliphatic rings. The van der Waals surface area contributed by atoms with Gasteiger partial charge in [-0.15, -0.1) is 0 Å². The van der Waals surface area contributed by atoms with Gasteiger partial charge in [0.2, 0.25) is 0 Å². The van der Waals surface area contributed by atoms with E-state index < -0.39 is 0 Å². The van der Waals surface area contributed by atoms with Gasteiger partial charge in [0.05, 0.1) is 0 Å². The van der Waals surface area contributed by atoms with E-state index in [4.69, 9.17) is 5.11 Å². The molecular weight excluding hydrogens is 212 g/mol. The molecule has 2 aromatic rings. The highest BCUT2D eigenvalue weighted by molar-refractivity contribution is 5.99. The number of rotatable bonds is 5. The van der Waals surface area contributed by atoms with Crippen molar-refractivity contribution in [2.75, 3.05) is 6.61 Å².